The van der Waals surface area contributed by atoms with E-state index in [2.05, 4.69) is 5.32 Å². The Balaban J connectivity index is 2.05. The van der Waals surface area contributed by atoms with Crippen LogP contribution in [0.3, 0.4) is 0 Å². The van der Waals surface area contributed by atoms with Crippen molar-refractivity contribution in [3.8, 4) is 0 Å². The van der Waals surface area contributed by atoms with Crippen molar-refractivity contribution < 1.29 is 31.4 Å². The normalized spacial score (nSPS) is 18.7. The smallest absolute Gasteiger partial charge is 0.379 e. The van der Waals surface area contributed by atoms with Crippen LogP contribution in [0.1, 0.15) is 35.1 Å². The standard InChI is InChI=1S/C19H17F6NO/c20-18(21,22)14-7-3-12(4-8-14)17(27,16-2-1-11-26-16)13-5-9-15(10-6-13)19(23,24)25/h3-10,16,26-27H,1-2,11H2/t16-/m0/s1. The summed E-state index contributed by atoms with van der Waals surface area (Å²) in [5.74, 6) is 0. The third-order valence-corrected chi connectivity index (χ3v) is 4.87. The summed E-state index contributed by atoms with van der Waals surface area (Å²) in [4.78, 5) is 0. The number of nitrogens with one attached hydrogen (secondary N) is 1. The average molecular weight is 389 g/mol. The van der Waals surface area contributed by atoms with E-state index in [1.165, 1.54) is 24.3 Å². The van der Waals surface area contributed by atoms with Gasteiger partial charge in [0.25, 0.3) is 0 Å². The third kappa shape index (κ3) is 3.82. The van der Waals surface area contributed by atoms with Gasteiger partial charge in [0.15, 0.2) is 0 Å². The molecule has 1 heterocycles. The molecule has 1 aliphatic heterocycles. The zero-order chi connectivity index (χ0) is 19.9. The van der Waals surface area contributed by atoms with Gasteiger partial charge in [0.1, 0.15) is 5.60 Å². The summed E-state index contributed by atoms with van der Waals surface area (Å²) >= 11 is 0. The minimum absolute atomic E-state index is 0.189. The summed E-state index contributed by atoms with van der Waals surface area (Å²) in [5.41, 5.74) is -3.09. The lowest BCUT2D eigenvalue weighted by Crippen LogP contribution is -2.46. The van der Waals surface area contributed by atoms with E-state index in [0.29, 0.717) is 13.0 Å². The number of aliphatic hydroxyl groups is 1. The molecule has 1 aliphatic rings. The van der Waals surface area contributed by atoms with Crippen molar-refractivity contribution in [2.45, 2.75) is 36.8 Å². The predicted octanol–water partition coefficient (Wildman–Crippen LogP) is 4.71. The second kappa shape index (κ2) is 6.83. The van der Waals surface area contributed by atoms with Crippen LogP contribution in [0, 0.1) is 0 Å². The first-order chi connectivity index (χ1) is 12.5. The fraction of sp³-hybridized carbons (Fsp3) is 0.368. The van der Waals surface area contributed by atoms with Crippen LogP contribution >= 0.6 is 0 Å². The minimum Gasteiger partial charge on any atom is -0.379 e. The maximum atomic E-state index is 12.8. The van der Waals surface area contributed by atoms with Gasteiger partial charge >= 0.3 is 12.4 Å². The molecule has 0 amide bonds. The largest absolute Gasteiger partial charge is 0.416 e. The van der Waals surface area contributed by atoms with E-state index >= 15 is 0 Å². The molecule has 0 spiro atoms. The topological polar surface area (TPSA) is 32.3 Å². The second-order valence-corrected chi connectivity index (χ2v) is 6.57. The number of benzene rings is 2. The van der Waals surface area contributed by atoms with Crippen LogP contribution in [0.15, 0.2) is 48.5 Å². The fourth-order valence-corrected chi connectivity index (χ4v) is 3.44. The first-order valence-electron chi connectivity index (χ1n) is 8.34. The summed E-state index contributed by atoms with van der Waals surface area (Å²) in [6.45, 7) is 0.605. The number of hydrogen-bond donors (Lipinski definition) is 2. The van der Waals surface area contributed by atoms with E-state index in [4.69, 9.17) is 0 Å². The van der Waals surface area contributed by atoms with Crippen LogP contribution in [0.25, 0.3) is 0 Å². The molecule has 1 saturated heterocycles. The Labute approximate surface area is 151 Å². The molecule has 27 heavy (non-hydrogen) atoms. The summed E-state index contributed by atoms with van der Waals surface area (Å²) in [6, 6.07) is 7.59. The molecular weight excluding hydrogens is 372 g/mol. The van der Waals surface area contributed by atoms with Crippen molar-refractivity contribution in [1.82, 2.24) is 5.32 Å². The first-order valence-corrected chi connectivity index (χ1v) is 8.34. The Morgan fingerprint density at radius 2 is 1.07 bits per heavy atom. The second-order valence-electron chi connectivity index (χ2n) is 6.57. The Bertz CT molecular complexity index is 716. The van der Waals surface area contributed by atoms with Crippen LogP contribution in [-0.2, 0) is 18.0 Å². The van der Waals surface area contributed by atoms with Crippen molar-refractivity contribution in [2.75, 3.05) is 6.54 Å². The number of hydrogen-bond acceptors (Lipinski definition) is 2. The Morgan fingerprint density at radius 1 is 0.704 bits per heavy atom. The number of alkyl halides is 6. The molecule has 8 heteroatoms. The maximum absolute atomic E-state index is 12.8. The van der Waals surface area contributed by atoms with Crippen LogP contribution < -0.4 is 5.32 Å². The maximum Gasteiger partial charge on any atom is 0.416 e. The molecule has 2 N–H and O–H groups in total. The first kappa shape index (κ1) is 19.7. The Kier molecular flexibility index (Phi) is 4.98. The average Bonchev–Trinajstić information content (AvgIpc) is 3.15. The van der Waals surface area contributed by atoms with E-state index in [-0.39, 0.29) is 11.1 Å². The molecule has 1 fully saturated rings. The zero-order valence-electron chi connectivity index (χ0n) is 14.0. The SMILES string of the molecule is OC(c1ccc(C(F)(F)F)cc1)(c1ccc(C(F)(F)F)cc1)[C@@H]1CCCN1. The van der Waals surface area contributed by atoms with Crippen molar-refractivity contribution in [1.29, 1.82) is 0 Å². The van der Waals surface area contributed by atoms with Gasteiger partial charge in [-0.25, -0.2) is 0 Å². The predicted molar refractivity (Wildman–Crippen MR) is 86.9 cm³/mol. The molecule has 146 valence electrons. The summed E-state index contributed by atoms with van der Waals surface area (Å²) < 4.78 is 76.9. The van der Waals surface area contributed by atoms with Gasteiger partial charge in [0, 0.05) is 6.04 Å². The molecule has 0 radical (unpaired) electrons. The highest BCUT2D eigenvalue weighted by Gasteiger charge is 2.42. The van der Waals surface area contributed by atoms with Gasteiger partial charge in [-0.1, -0.05) is 24.3 Å². The van der Waals surface area contributed by atoms with Gasteiger partial charge in [0.2, 0.25) is 0 Å². The third-order valence-electron chi connectivity index (χ3n) is 4.87. The monoisotopic (exact) mass is 389 g/mol. The number of halogens is 6. The molecule has 0 aliphatic carbocycles. The van der Waals surface area contributed by atoms with Crippen molar-refractivity contribution >= 4 is 0 Å². The van der Waals surface area contributed by atoms with Gasteiger partial charge in [-0.05, 0) is 54.8 Å². The van der Waals surface area contributed by atoms with E-state index in [9.17, 15) is 31.4 Å². The highest BCUT2D eigenvalue weighted by Crippen LogP contribution is 2.39. The molecule has 2 aromatic carbocycles. The van der Waals surface area contributed by atoms with Gasteiger partial charge < -0.3 is 10.4 Å². The van der Waals surface area contributed by atoms with Crippen molar-refractivity contribution in [3.05, 3.63) is 70.8 Å². The summed E-state index contributed by atoms with van der Waals surface area (Å²) in [5, 5.41) is 14.5. The van der Waals surface area contributed by atoms with Crippen molar-refractivity contribution in [3.63, 3.8) is 0 Å². The molecule has 2 aromatic rings. The van der Waals surface area contributed by atoms with E-state index in [1.54, 1.807) is 0 Å². The van der Waals surface area contributed by atoms with E-state index < -0.39 is 35.1 Å². The van der Waals surface area contributed by atoms with E-state index in [1.807, 2.05) is 0 Å². The summed E-state index contributed by atoms with van der Waals surface area (Å²) in [6.07, 6.45) is -7.75. The lowest BCUT2D eigenvalue weighted by molar-refractivity contribution is -0.138. The van der Waals surface area contributed by atoms with Gasteiger partial charge in [-0.15, -0.1) is 0 Å². The van der Waals surface area contributed by atoms with E-state index in [0.717, 1.165) is 30.7 Å². The molecule has 0 unspecified atom stereocenters. The number of rotatable bonds is 3. The molecular formula is C19H17F6NO. The Morgan fingerprint density at radius 3 is 1.37 bits per heavy atom. The lowest BCUT2D eigenvalue weighted by Gasteiger charge is -2.35. The minimum atomic E-state index is -4.52. The molecule has 0 aromatic heterocycles. The van der Waals surface area contributed by atoms with Gasteiger partial charge in [0.05, 0.1) is 11.1 Å². The van der Waals surface area contributed by atoms with Crippen molar-refractivity contribution in [2.24, 2.45) is 0 Å². The molecule has 1 atom stereocenters. The van der Waals surface area contributed by atoms with Crippen LogP contribution in [-0.4, -0.2) is 17.7 Å². The van der Waals surface area contributed by atoms with Gasteiger partial charge in [-0.2, -0.15) is 26.3 Å². The molecule has 0 saturated carbocycles. The lowest BCUT2D eigenvalue weighted by atomic mass is 9.79. The molecule has 0 bridgehead atoms. The van der Waals surface area contributed by atoms with Crippen LogP contribution in [0.2, 0.25) is 0 Å². The molecule has 3 rings (SSSR count). The quantitative estimate of drug-likeness (QED) is 0.745. The molecule has 2 nitrogen and oxygen atoms in total. The van der Waals surface area contributed by atoms with Crippen LogP contribution in [0.4, 0.5) is 26.3 Å². The van der Waals surface area contributed by atoms with Crippen LogP contribution in [0.5, 0.6) is 0 Å². The highest BCUT2D eigenvalue weighted by molar-refractivity contribution is 5.41. The zero-order valence-corrected chi connectivity index (χ0v) is 14.0. The fourth-order valence-electron chi connectivity index (χ4n) is 3.44. The Hall–Kier alpha value is -2.06. The highest BCUT2D eigenvalue weighted by atomic mass is 19.4. The summed E-state index contributed by atoms with van der Waals surface area (Å²) in [7, 11) is 0. The van der Waals surface area contributed by atoms with Gasteiger partial charge in [-0.3, -0.25) is 0 Å².